The van der Waals surface area contributed by atoms with Crippen LogP contribution in [0.1, 0.15) is 40.0 Å². The molecule has 1 saturated heterocycles. The number of hydrogen-bond donors (Lipinski definition) is 0. The lowest BCUT2D eigenvalue weighted by molar-refractivity contribution is 0.0616. The van der Waals surface area contributed by atoms with Gasteiger partial charge in [0, 0.05) is 18.1 Å². The Labute approximate surface area is 124 Å². The fourth-order valence-electron chi connectivity index (χ4n) is 2.40. The Hall–Kier alpha value is -0.910. The first-order valence-electron chi connectivity index (χ1n) is 6.21. The number of carbonyl (C=O) groups excluding carboxylic acids is 1. The Morgan fingerprint density at radius 1 is 1.42 bits per heavy atom. The summed E-state index contributed by atoms with van der Waals surface area (Å²) in [6.07, 6.45) is 5.02. The fourth-order valence-corrected chi connectivity index (χ4v) is 4.19. The molecule has 1 amide bonds. The predicted octanol–water partition coefficient (Wildman–Crippen LogP) is 4.23. The van der Waals surface area contributed by atoms with Crippen molar-refractivity contribution in [2.75, 3.05) is 6.54 Å². The van der Waals surface area contributed by atoms with Crippen LogP contribution in [0.4, 0.5) is 0 Å². The van der Waals surface area contributed by atoms with E-state index in [1.165, 1.54) is 11.3 Å². The number of piperidine rings is 1. The van der Waals surface area contributed by atoms with E-state index in [1.54, 1.807) is 23.6 Å². The van der Waals surface area contributed by atoms with Crippen molar-refractivity contribution in [3.63, 3.8) is 0 Å². The highest BCUT2D eigenvalue weighted by Crippen LogP contribution is 2.34. The molecule has 3 heterocycles. The molecule has 0 aromatic carbocycles. The minimum absolute atomic E-state index is 0.0804. The van der Waals surface area contributed by atoms with Crippen molar-refractivity contribution in [3.8, 4) is 0 Å². The van der Waals surface area contributed by atoms with E-state index in [4.69, 9.17) is 11.6 Å². The van der Waals surface area contributed by atoms with Crippen LogP contribution in [0.2, 0.25) is 4.34 Å². The monoisotopic (exact) mass is 312 g/mol. The molecule has 1 aliphatic rings. The summed E-state index contributed by atoms with van der Waals surface area (Å²) in [5.41, 5.74) is 0. The van der Waals surface area contributed by atoms with Crippen molar-refractivity contribution in [1.82, 2.24) is 9.88 Å². The van der Waals surface area contributed by atoms with Gasteiger partial charge in [-0.15, -0.1) is 22.7 Å². The molecule has 1 unspecified atom stereocenters. The number of nitrogens with zero attached hydrogens (tertiary/aromatic N) is 2. The van der Waals surface area contributed by atoms with Crippen molar-refractivity contribution in [3.05, 3.63) is 37.9 Å². The highest BCUT2D eigenvalue weighted by molar-refractivity contribution is 7.18. The maximum absolute atomic E-state index is 12.6. The zero-order valence-corrected chi connectivity index (χ0v) is 12.6. The SMILES string of the molecule is O=C(c1ccc(Cl)s1)N1CCCCC1c1nccs1. The Morgan fingerprint density at radius 2 is 2.32 bits per heavy atom. The Kier molecular flexibility index (Phi) is 3.86. The molecule has 0 N–H and O–H groups in total. The van der Waals surface area contributed by atoms with Crippen LogP contribution in [0.15, 0.2) is 23.7 Å². The van der Waals surface area contributed by atoms with E-state index in [9.17, 15) is 4.79 Å². The van der Waals surface area contributed by atoms with Gasteiger partial charge in [0.05, 0.1) is 15.3 Å². The number of aromatic nitrogens is 1. The number of amides is 1. The van der Waals surface area contributed by atoms with Gasteiger partial charge >= 0.3 is 0 Å². The molecule has 6 heteroatoms. The molecule has 0 bridgehead atoms. The van der Waals surface area contributed by atoms with Crippen molar-refractivity contribution in [1.29, 1.82) is 0 Å². The van der Waals surface area contributed by atoms with E-state index in [-0.39, 0.29) is 11.9 Å². The average molecular weight is 313 g/mol. The van der Waals surface area contributed by atoms with E-state index in [0.717, 1.165) is 30.8 Å². The second kappa shape index (κ2) is 5.61. The second-order valence-corrected chi connectivity index (χ2v) is 7.13. The summed E-state index contributed by atoms with van der Waals surface area (Å²) in [4.78, 5) is 19.6. The van der Waals surface area contributed by atoms with E-state index >= 15 is 0 Å². The quantitative estimate of drug-likeness (QED) is 0.831. The molecular weight excluding hydrogens is 300 g/mol. The van der Waals surface area contributed by atoms with Crippen LogP contribution in [-0.2, 0) is 0 Å². The van der Waals surface area contributed by atoms with E-state index in [1.807, 2.05) is 16.3 Å². The van der Waals surface area contributed by atoms with Crippen LogP contribution in [0.3, 0.4) is 0 Å². The molecule has 1 aliphatic heterocycles. The zero-order chi connectivity index (χ0) is 13.2. The number of thiazole rings is 1. The summed E-state index contributed by atoms with van der Waals surface area (Å²) in [6.45, 7) is 0.804. The van der Waals surface area contributed by atoms with Crippen molar-refractivity contribution < 1.29 is 4.79 Å². The van der Waals surface area contributed by atoms with E-state index in [0.29, 0.717) is 9.21 Å². The molecule has 100 valence electrons. The highest BCUT2D eigenvalue weighted by Gasteiger charge is 2.30. The van der Waals surface area contributed by atoms with Gasteiger partial charge in [0.15, 0.2) is 0 Å². The molecule has 1 fully saturated rings. The van der Waals surface area contributed by atoms with Gasteiger partial charge < -0.3 is 4.90 Å². The Balaban J connectivity index is 1.86. The van der Waals surface area contributed by atoms with Crippen molar-refractivity contribution in [2.24, 2.45) is 0 Å². The molecule has 2 aromatic heterocycles. The lowest BCUT2D eigenvalue weighted by Gasteiger charge is -2.34. The molecular formula is C13H13ClN2OS2. The standard InChI is InChI=1S/C13H13ClN2OS2/c14-11-5-4-10(19-11)13(17)16-7-2-1-3-9(16)12-15-6-8-18-12/h4-6,8-9H,1-3,7H2. The van der Waals surface area contributed by atoms with Crippen LogP contribution in [-0.4, -0.2) is 22.3 Å². The third-order valence-electron chi connectivity index (χ3n) is 3.28. The zero-order valence-electron chi connectivity index (χ0n) is 10.2. The van der Waals surface area contributed by atoms with E-state index < -0.39 is 0 Å². The summed E-state index contributed by atoms with van der Waals surface area (Å²) in [7, 11) is 0. The number of halogens is 1. The first-order chi connectivity index (χ1) is 9.25. The number of likely N-dealkylation sites (tertiary alicyclic amines) is 1. The summed E-state index contributed by atoms with van der Waals surface area (Å²) >= 11 is 8.89. The van der Waals surface area contributed by atoms with Gasteiger partial charge in [0.2, 0.25) is 0 Å². The third kappa shape index (κ3) is 2.68. The van der Waals surface area contributed by atoms with Crippen LogP contribution < -0.4 is 0 Å². The molecule has 2 aromatic rings. The smallest absolute Gasteiger partial charge is 0.264 e. The topological polar surface area (TPSA) is 33.2 Å². The average Bonchev–Trinajstić information content (AvgIpc) is 3.09. The molecule has 19 heavy (non-hydrogen) atoms. The molecule has 3 rings (SSSR count). The largest absolute Gasteiger partial charge is 0.328 e. The minimum atomic E-state index is 0.0804. The van der Waals surface area contributed by atoms with Gasteiger partial charge in [-0.3, -0.25) is 4.79 Å². The summed E-state index contributed by atoms with van der Waals surface area (Å²) in [5, 5.41) is 3.00. The summed E-state index contributed by atoms with van der Waals surface area (Å²) < 4.78 is 0.658. The highest BCUT2D eigenvalue weighted by atomic mass is 35.5. The predicted molar refractivity (Wildman–Crippen MR) is 79.1 cm³/mol. The van der Waals surface area contributed by atoms with E-state index in [2.05, 4.69) is 4.98 Å². The van der Waals surface area contributed by atoms with Crippen LogP contribution >= 0.6 is 34.3 Å². The summed E-state index contributed by atoms with van der Waals surface area (Å²) in [6, 6.07) is 3.71. The van der Waals surface area contributed by atoms with Crippen LogP contribution in [0, 0.1) is 0 Å². The normalized spacial score (nSPS) is 19.6. The second-order valence-electron chi connectivity index (χ2n) is 4.48. The third-order valence-corrected chi connectivity index (χ3v) is 5.38. The van der Waals surface area contributed by atoms with Crippen molar-refractivity contribution in [2.45, 2.75) is 25.3 Å². The molecule has 0 spiro atoms. The first-order valence-corrected chi connectivity index (χ1v) is 8.29. The number of carbonyl (C=O) groups is 1. The molecule has 0 saturated carbocycles. The number of hydrogen-bond acceptors (Lipinski definition) is 4. The maximum Gasteiger partial charge on any atom is 0.264 e. The minimum Gasteiger partial charge on any atom is -0.328 e. The van der Waals surface area contributed by atoms with Crippen molar-refractivity contribution >= 4 is 40.2 Å². The molecule has 1 atom stereocenters. The van der Waals surface area contributed by atoms with Gasteiger partial charge in [0.25, 0.3) is 5.91 Å². The number of thiophene rings is 1. The molecule has 0 aliphatic carbocycles. The van der Waals surface area contributed by atoms with Gasteiger partial charge in [0.1, 0.15) is 5.01 Å². The maximum atomic E-state index is 12.6. The van der Waals surface area contributed by atoms with Gasteiger partial charge in [-0.2, -0.15) is 0 Å². The fraction of sp³-hybridized carbons (Fsp3) is 0.385. The summed E-state index contributed by atoms with van der Waals surface area (Å²) in [5.74, 6) is 0.0804. The lowest BCUT2D eigenvalue weighted by atomic mass is 10.0. The van der Waals surface area contributed by atoms with Gasteiger partial charge in [-0.25, -0.2) is 4.98 Å². The Bertz CT molecular complexity index is 567. The lowest BCUT2D eigenvalue weighted by Crippen LogP contribution is -2.38. The molecule has 3 nitrogen and oxygen atoms in total. The number of rotatable bonds is 2. The van der Waals surface area contributed by atoms with Gasteiger partial charge in [-0.1, -0.05) is 11.6 Å². The van der Waals surface area contributed by atoms with Gasteiger partial charge in [-0.05, 0) is 31.4 Å². The van der Waals surface area contributed by atoms with Crippen LogP contribution in [0.25, 0.3) is 0 Å². The Morgan fingerprint density at radius 3 is 3.00 bits per heavy atom. The molecule has 0 radical (unpaired) electrons. The van der Waals surface area contributed by atoms with Crippen LogP contribution in [0.5, 0.6) is 0 Å². The first kappa shape index (κ1) is 13.1.